The highest BCUT2D eigenvalue weighted by Crippen LogP contribution is 2.37. The molecule has 2 aromatic rings. The van der Waals surface area contributed by atoms with Gasteiger partial charge in [0.25, 0.3) is 5.69 Å². The molecule has 0 spiro atoms. The quantitative estimate of drug-likeness (QED) is 0.695. The van der Waals surface area contributed by atoms with Crippen molar-refractivity contribution < 1.29 is 4.92 Å². The number of nitro benzene ring substituents is 1. The lowest BCUT2D eigenvalue weighted by Gasteiger charge is -2.26. The average molecular weight is 297 g/mol. The molecule has 5 nitrogen and oxygen atoms in total. The summed E-state index contributed by atoms with van der Waals surface area (Å²) in [4.78, 5) is 12.9. The number of rotatable bonds is 4. The summed E-state index contributed by atoms with van der Waals surface area (Å²) < 4.78 is 0. The minimum Gasteiger partial charge on any atom is -0.341 e. The van der Waals surface area contributed by atoms with Crippen molar-refractivity contribution in [3.8, 4) is 0 Å². The topological polar surface area (TPSA) is 72.4 Å². The van der Waals surface area contributed by atoms with E-state index < -0.39 is 0 Å². The zero-order valence-electron chi connectivity index (χ0n) is 12.4. The molecule has 0 bridgehead atoms. The molecule has 22 heavy (non-hydrogen) atoms. The first-order valence-electron chi connectivity index (χ1n) is 7.53. The summed E-state index contributed by atoms with van der Waals surface area (Å²) in [6.45, 7) is 1.37. The highest BCUT2D eigenvalue weighted by atomic mass is 16.6. The molecular formula is C17H19N3O2. The lowest BCUT2D eigenvalue weighted by Crippen LogP contribution is -2.22. The Kier molecular flexibility index (Phi) is 4.06. The van der Waals surface area contributed by atoms with E-state index in [0.29, 0.717) is 6.54 Å². The van der Waals surface area contributed by atoms with Gasteiger partial charge in [0.05, 0.1) is 10.6 Å². The molecule has 2 N–H and O–H groups in total. The van der Waals surface area contributed by atoms with Crippen LogP contribution in [0.15, 0.2) is 42.5 Å². The van der Waals surface area contributed by atoms with Crippen molar-refractivity contribution in [1.29, 1.82) is 0 Å². The van der Waals surface area contributed by atoms with Gasteiger partial charge in [-0.25, -0.2) is 0 Å². The van der Waals surface area contributed by atoms with Gasteiger partial charge in [-0.05, 0) is 43.0 Å². The maximum Gasteiger partial charge on any atom is 0.271 e. The van der Waals surface area contributed by atoms with Crippen molar-refractivity contribution in [3.63, 3.8) is 0 Å². The molecule has 0 unspecified atom stereocenters. The molecule has 1 aliphatic heterocycles. The van der Waals surface area contributed by atoms with Crippen LogP contribution >= 0.6 is 0 Å². The summed E-state index contributed by atoms with van der Waals surface area (Å²) >= 11 is 0. The van der Waals surface area contributed by atoms with Crippen LogP contribution in [0.2, 0.25) is 0 Å². The van der Waals surface area contributed by atoms with Gasteiger partial charge in [0, 0.05) is 24.4 Å². The number of aryl methyl sites for hydroxylation is 2. The Morgan fingerprint density at radius 1 is 1.09 bits per heavy atom. The molecule has 0 fully saturated rings. The van der Waals surface area contributed by atoms with Crippen LogP contribution in [0.25, 0.3) is 0 Å². The fraction of sp³-hybridized carbons (Fsp3) is 0.294. The minimum absolute atomic E-state index is 0.135. The summed E-state index contributed by atoms with van der Waals surface area (Å²) in [5, 5.41) is 11.1. The summed E-state index contributed by atoms with van der Waals surface area (Å²) in [5.74, 6) is 0. The van der Waals surface area contributed by atoms with E-state index in [-0.39, 0.29) is 10.6 Å². The molecule has 1 heterocycles. The number of non-ortho nitro benzene ring substituents is 1. The molecule has 0 radical (unpaired) electrons. The van der Waals surface area contributed by atoms with Crippen molar-refractivity contribution in [1.82, 2.24) is 0 Å². The van der Waals surface area contributed by atoms with E-state index in [1.807, 2.05) is 18.2 Å². The average Bonchev–Trinajstić information content (AvgIpc) is 2.69. The van der Waals surface area contributed by atoms with Crippen molar-refractivity contribution in [3.05, 3.63) is 63.7 Å². The first-order chi connectivity index (χ1) is 10.7. The predicted molar refractivity (Wildman–Crippen MR) is 87.6 cm³/mol. The zero-order chi connectivity index (χ0) is 15.5. The van der Waals surface area contributed by atoms with Gasteiger partial charge in [-0.3, -0.25) is 10.1 Å². The van der Waals surface area contributed by atoms with Gasteiger partial charge < -0.3 is 10.6 Å². The fourth-order valence-corrected chi connectivity index (χ4v) is 3.00. The Morgan fingerprint density at radius 3 is 2.55 bits per heavy atom. The summed E-state index contributed by atoms with van der Waals surface area (Å²) in [7, 11) is 0. The summed E-state index contributed by atoms with van der Waals surface area (Å²) in [6.07, 6.45) is 2.68. The van der Waals surface area contributed by atoms with Crippen LogP contribution in [0, 0.1) is 10.1 Å². The molecule has 0 aliphatic carbocycles. The van der Waals surface area contributed by atoms with Gasteiger partial charge in [0.1, 0.15) is 0 Å². The van der Waals surface area contributed by atoms with Crippen molar-refractivity contribution in [2.24, 2.45) is 5.73 Å². The van der Waals surface area contributed by atoms with E-state index in [2.05, 4.69) is 17.0 Å². The van der Waals surface area contributed by atoms with E-state index in [1.54, 1.807) is 12.1 Å². The third-order valence-electron chi connectivity index (χ3n) is 4.10. The number of para-hydroxylation sites is 1. The largest absolute Gasteiger partial charge is 0.341 e. The smallest absolute Gasteiger partial charge is 0.271 e. The normalized spacial score (nSPS) is 13.2. The van der Waals surface area contributed by atoms with Crippen LogP contribution in [0.4, 0.5) is 17.1 Å². The van der Waals surface area contributed by atoms with E-state index in [4.69, 9.17) is 5.73 Å². The highest BCUT2D eigenvalue weighted by molar-refractivity contribution is 5.72. The first kappa shape index (κ1) is 14.5. The molecule has 2 aromatic carbocycles. The van der Waals surface area contributed by atoms with Gasteiger partial charge in [-0.15, -0.1) is 0 Å². The summed E-state index contributed by atoms with van der Waals surface area (Å²) in [6, 6.07) is 13.4. The molecule has 0 aromatic heterocycles. The maximum absolute atomic E-state index is 11.1. The third kappa shape index (κ3) is 2.67. The molecule has 1 aliphatic rings. The molecule has 0 saturated carbocycles. The number of fused-ring (bicyclic) bond motifs is 2. The molecule has 0 saturated heterocycles. The molecule has 5 heteroatoms. The molecule has 0 amide bonds. The molecule has 3 rings (SSSR count). The molecule has 114 valence electrons. The Hall–Kier alpha value is -2.40. The lowest BCUT2D eigenvalue weighted by atomic mass is 10.0. The van der Waals surface area contributed by atoms with Crippen molar-refractivity contribution in [2.75, 3.05) is 18.0 Å². The number of nitrogens with two attached hydrogens (primary N) is 1. The second-order valence-electron chi connectivity index (χ2n) is 5.49. The Labute approximate surface area is 129 Å². The SMILES string of the molecule is NCCCN1c2ccccc2CCc2ccc([N+](=O)[O-])cc21. The molecular weight excluding hydrogens is 278 g/mol. The number of nitro groups is 1. The predicted octanol–water partition coefficient (Wildman–Crippen LogP) is 3.18. The van der Waals surface area contributed by atoms with Gasteiger partial charge >= 0.3 is 0 Å². The monoisotopic (exact) mass is 297 g/mol. The Bertz CT molecular complexity index is 700. The molecule has 0 atom stereocenters. The van der Waals surface area contributed by atoms with Gasteiger partial charge in [-0.2, -0.15) is 0 Å². The Balaban J connectivity index is 2.12. The van der Waals surface area contributed by atoms with Crippen LogP contribution in [0.1, 0.15) is 17.5 Å². The lowest BCUT2D eigenvalue weighted by molar-refractivity contribution is -0.384. The zero-order valence-corrected chi connectivity index (χ0v) is 12.4. The van der Waals surface area contributed by atoms with Crippen LogP contribution in [0.3, 0.4) is 0 Å². The van der Waals surface area contributed by atoms with Crippen LogP contribution in [0.5, 0.6) is 0 Å². The van der Waals surface area contributed by atoms with Crippen LogP contribution in [-0.2, 0) is 12.8 Å². The standard InChI is InChI=1S/C17H19N3O2/c18-10-3-11-19-16-5-2-1-4-13(16)6-7-14-8-9-15(20(21)22)12-17(14)19/h1-2,4-5,8-9,12H,3,6-7,10-11,18H2. The number of benzene rings is 2. The number of nitrogens with zero attached hydrogens (tertiary/aromatic N) is 2. The number of hydrogen-bond acceptors (Lipinski definition) is 4. The summed E-state index contributed by atoms with van der Waals surface area (Å²) in [5.41, 5.74) is 10.3. The third-order valence-corrected chi connectivity index (χ3v) is 4.10. The number of anilines is 2. The van der Waals surface area contributed by atoms with Crippen LogP contribution in [-0.4, -0.2) is 18.0 Å². The highest BCUT2D eigenvalue weighted by Gasteiger charge is 2.22. The van der Waals surface area contributed by atoms with Crippen LogP contribution < -0.4 is 10.6 Å². The van der Waals surface area contributed by atoms with Crippen molar-refractivity contribution >= 4 is 17.1 Å². The Morgan fingerprint density at radius 2 is 1.82 bits per heavy atom. The minimum atomic E-state index is -0.335. The fourth-order valence-electron chi connectivity index (χ4n) is 3.00. The number of hydrogen-bond donors (Lipinski definition) is 1. The van der Waals surface area contributed by atoms with Gasteiger partial charge in [0.2, 0.25) is 0 Å². The maximum atomic E-state index is 11.1. The second kappa shape index (κ2) is 6.15. The van der Waals surface area contributed by atoms with Gasteiger partial charge in [-0.1, -0.05) is 24.3 Å². The van der Waals surface area contributed by atoms with E-state index >= 15 is 0 Å². The van der Waals surface area contributed by atoms with E-state index in [9.17, 15) is 10.1 Å². The van der Waals surface area contributed by atoms with Gasteiger partial charge in [0.15, 0.2) is 0 Å². The van der Waals surface area contributed by atoms with E-state index in [0.717, 1.165) is 42.7 Å². The van der Waals surface area contributed by atoms with E-state index in [1.165, 1.54) is 5.56 Å². The first-order valence-corrected chi connectivity index (χ1v) is 7.53. The van der Waals surface area contributed by atoms with Crippen molar-refractivity contribution in [2.45, 2.75) is 19.3 Å². The second-order valence-corrected chi connectivity index (χ2v) is 5.49.